The number of rotatable bonds is 6. The van der Waals surface area contributed by atoms with Crippen molar-refractivity contribution in [1.29, 1.82) is 0 Å². The van der Waals surface area contributed by atoms with Crippen molar-refractivity contribution in [2.24, 2.45) is 5.92 Å². The average Bonchev–Trinajstić information content (AvgIpc) is 3.17. The smallest absolute Gasteiger partial charge is 0.412 e. The van der Waals surface area contributed by atoms with E-state index >= 15 is 0 Å². The number of ether oxygens (including phenoxy) is 2. The molecule has 3 N–H and O–H groups in total. The summed E-state index contributed by atoms with van der Waals surface area (Å²) >= 11 is 0. The van der Waals surface area contributed by atoms with Crippen LogP contribution in [0, 0.1) is 5.92 Å². The van der Waals surface area contributed by atoms with Crippen molar-refractivity contribution in [3.05, 3.63) is 66.2 Å². The number of fused-ring (bicyclic) bond motifs is 3. The lowest BCUT2D eigenvalue weighted by molar-refractivity contribution is -0.143. The number of alkyl carbamates (subject to hydrolysis) is 1. The van der Waals surface area contributed by atoms with Crippen LogP contribution in [0.4, 0.5) is 9.59 Å². The van der Waals surface area contributed by atoms with Crippen LogP contribution in [0.1, 0.15) is 30.4 Å². The Labute approximate surface area is 191 Å². The molecule has 0 radical (unpaired) electrons. The molecule has 8 nitrogen and oxygen atoms in total. The number of carboxylic acids is 1. The molecule has 1 saturated carbocycles. The number of carbonyl (C=O) groups excluding carboxylic acids is 2. The van der Waals surface area contributed by atoms with Gasteiger partial charge in [-0.3, -0.25) is 4.79 Å². The lowest BCUT2D eigenvalue weighted by atomic mass is 9.82. The molecule has 2 amide bonds. The van der Waals surface area contributed by atoms with Crippen LogP contribution in [0.5, 0.6) is 5.75 Å². The Morgan fingerprint density at radius 1 is 0.970 bits per heavy atom. The van der Waals surface area contributed by atoms with E-state index in [9.17, 15) is 19.5 Å². The Balaban J connectivity index is 1.41. The molecule has 2 aliphatic carbocycles. The summed E-state index contributed by atoms with van der Waals surface area (Å²) in [6, 6.07) is 12.8. The second-order valence-corrected chi connectivity index (χ2v) is 8.32. The van der Waals surface area contributed by atoms with Gasteiger partial charge in [0.05, 0.1) is 5.92 Å². The number of benzene rings is 2. The molecule has 0 heterocycles. The number of amides is 2. The highest BCUT2D eigenvalue weighted by atomic mass is 16.6. The summed E-state index contributed by atoms with van der Waals surface area (Å²) in [7, 11) is 0. The van der Waals surface area contributed by atoms with Crippen molar-refractivity contribution in [1.82, 2.24) is 10.6 Å². The van der Waals surface area contributed by atoms with Crippen LogP contribution < -0.4 is 15.4 Å². The van der Waals surface area contributed by atoms with Gasteiger partial charge in [0.2, 0.25) is 0 Å². The number of hydrogen-bond donors (Lipinski definition) is 3. The van der Waals surface area contributed by atoms with Gasteiger partial charge >= 0.3 is 18.2 Å². The topological polar surface area (TPSA) is 114 Å². The third-order valence-electron chi connectivity index (χ3n) is 6.04. The van der Waals surface area contributed by atoms with Crippen LogP contribution in [0.15, 0.2) is 55.1 Å². The first-order valence-corrected chi connectivity index (χ1v) is 10.9. The maximum absolute atomic E-state index is 12.7. The number of nitrogens with one attached hydrogen (secondary N) is 2. The molecule has 3 unspecified atom stereocenters. The highest BCUT2D eigenvalue weighted by Crippen LogP contribution is 2.41. The maximum Gasteiger partial charge on any atom is 0.412 e. The first-order chi connectivity index (χ1) is 15.9. The minimum Gasteiger partial charge on any atom is -0.481 e. The minimum absolute atomic E-state index is 0.0557. The number of hydrogen-bond acceptors (Lipinski definition) is 5. The van der Waals surface area contributed by atoms with Gasteiger partial charge in [-0.15, -0.1) is 0 Å². The fraction of sp³-hybridized carbons (Fsp3) is 0.320. The first-order valence-electron chi connectivity index (χ1n) is 10.9. The molecule has 0 aromatic heterocycles. The van der Waals surface area contributed by atoms with Gasteiger partial charge < -0.3 is 25.2 Å². The van der Waals surface area contributed by atoms with Gasteiger partial charge in [0.15, 0.2) is 0 Å². The SMILES string of the molecule is C=CCOC(=O)NC1CC(NC(=O)Oc2cccc3c2Cc2ccccc2-3)CC(C(=O)O)C1. The fourth-order valence-corrected chi connectivity index (χ4v) is 4.62. The summed E-state index contributed by atoms with van der Waals surface area (Å²) in [5, 5.41) is 15.0. The Morgan fingerprint density at radius 3 is 2.39 bits per heavy atom. The fourth-order valence-electron chi connectivity index (χ4n) is 4.62. The van der Waals surface area contributed by atoms with Gasteiger partial charge in [-0.05, 0) is 42.0 Å². The van der Waals surface area contributed by atoms with Gasteiger partial charge in [-0.1, -0.05) is 49.1 Å². The molecule has 0 bridgehead atoms. The summed E-state index contributed by atoms with van der Waals surface area (Å²) in [6.45, 7) is 3.54. The maximum atomic E-state index is 12.7. The third kappa shape index (κ3) is 5.16. The Morgan fingerprint density at radius 2 is 1.67 bits per heavy atom. The normalized spacial score (nSPS) is 20.7. The number of aliphatic carboxylic acids is 1. The van der Waals surface area contributed by atoms with Crippen LogP contribution >= 0.6 is 0 Å². The third-order valence-corrected chi connectivity index (χ3v) is 6.04. The molecule has 2 aromatic rings. The van der Waals surface area contributed by atoms with E-state index in [2.05, 4.69) is 23.3 Å². The van der Waals surface area contributed by atoms with Crippen LogP contribution in [0.3, 0.4) is 0 Å². The molecule has 3 atom stereocenters. The van der Waals surface area contributed by atoms with Crippen LogP contribution in [0.2, 0.25) is 0 Å². The Bertz CT molecular complexity index is 1080. The van der Waals surface area contributed by atoms with E-state index in [0.717, 1.165) is 16.7 Å². The van der Waals surface area contributed by atoms with E-state index in [-0.39, 0.29) is 19.4 Å². The standard InChI is InChI=1S/C25H26N2O6/c1-2-10-32-24(30)26-17-11-16(23(28)29)12-18(14-17)27-25(31)33-22-9-5-8-20-19-7-4-3-6-15(19)13-21(20)22/h2-9,16-18H,1,10-14H2,(H,26,30)(H,27,31)(H,28,29). The summed E-state index contributed by atoms with van der Waals surface area (Å²) < 4.78 is 10.6. The van der Waals surface area contributed by atoms with Crippen molar-refractivity contribution < 1.29 is 29.0 Å². The van der Waals surface area contributed by atoms with E-state index in [0.29, 0.717) is 18.6 Å². The van der Waals surface area contributed by atoms with Crippen molar-refractivity contribution >= 4 is 18.2 Å². The summed E-state index contributed by atoms with van der Waals surface area (Å²) in [4.78, 5) is 36.2. The summed E-state index contributed by atoms with van der Waals surface area (Å²) in [5.74, 6) is -1.20. The molecule has 8 heteroatoms. The molecule has 2 aromatic carbocycles. The highest BCUT2D eigenvalue weighted by molar-refractivity contribution is 5.81. The van der Waals surface area contributed by atoms with Gasteiger partial charge in [0.1, 0.15) is 12.4 Å². The van der Waals surface area contributed by atoms with E-state index < -0.39 is 36.2 Å². The number of carbonyl (C=O) groups is 3. The lowest BCUT2D eigenvalue weighted by Crippen LogP contribution is -2.50. The van der Waals surface area contributed by atoms with E-state index in [1.165, 1.54) is 11.6 Å². The van der Waals surface area contributed by atoms with Crippen molar-refractivity contribution in [3.8, 4) is 16.9 Å². The molecule has 33 heavy (non-hydrogen) atoms. The largest absolute Gasteiger partial charge is 0.481 e. The summed E-state index contributed by atoms with van der Waals surface area (Å²) in [6.07, 6.45) is 1.71. The second-order valence-electron chi connectivity index (χ2n) is 8.32. The molecule has 2 aliphatic rings. The van der Waals surface area contributed by atoms with Crippen molar-refractivity contribution in [2.75, 3.05) is 6.61 Å². The second kappa shape index (κ2) is 9.77. The monoisotopic (exact) mass is 450 g/mol. The van der Waals surface area contributed by atoms with E-state index in [4.69, 9.17) is 9.47 Å². The lowest BCUT2D eigenvalue weighted by Gasteiger charge is -2.33. The summed E-state index contributed by atoms with van der Waals surface area (Å²) in [5.41, 5.74) is 4.30. The first kappa shape index (κ1) is 22.4. The van der Waals surface area contributed by atoms with Crippen LogP contribution in [-0.4, -0.2) is 42.0 Å². The predicted octanol–water partition coefficient (Wildman–Crippen LogP) is 3.88. The molecule has 0 aliphatic heterocycles. The molecule has 0 saturated heterocycles. The molecular weight excluding hydrogens is 424 g/mol. The van der Waals surface area contributed by atoms with E-state index in [1.807, 2.05) is 30.3 Å². The van der Waals surface area contributed by atoms with Gasteiger partial charge in [0, 0.05) is 24.1 Å². The zero-order valence-corrected chi connectivity index (χ0v) is 18.1. The van der Waals surface area contributed by atoms with Gasteiger partial charge in [0.25, 0.3) is 0 Å². The van der Waals surface area contributed by atoms with Gasteiger partial charge in [-0.25, -0.2) is 9.59 Å². The predicted molar refractivity (Wildman–Crippen MR) is 121 cm³/mol. The quantitative estimate of drug-likeness (QED) is 0.491. The van der Waals surface area contributed by atoms with Crippen molar-refractivity contribution in [3.63, 3.8) is 0 Å². The van der Waals surface area contributed by atoms with Crippen LogP contribution in [0.25, 0.3) is 11.1 Å². The Hall–Kier alpha value is -3.81. The van der Waals surface area contributed by atoms with Gasteiger partial charge in [-0.2, -0.15) is 0 Å². The zero-order valence-electron chi connectivity index (χ0n) is 18.1. The molecule has 0 spiro atoms. The zero-order chi connectivity index (χ0) is 23.4. The van der Waals surface area contributed by atoms with E-state index in [1.54, 1.807) is 6.07 Å². The molecule has 4 rings (SSSR count). The van der Waals surface area contributed by atoms with Crippen molar-refractivity contribution in [2.45, 2.75) is 37.8 Å². The Kier molecular flexibility index (Phi) is 6.63. The minimum atomic E-state index is -0.972. The molecular formula is C25H26N2O6. The molecule has 1 fully saturated rings. The number of carboxylic acid groups (broad SMARTS) is 1. The average molecular weight is 450 g/mol. The molecule has 172 valence electrons. The van der Waals surface area contributed by atoms with Crippen LogP contribution in [-0.2, 0) is 16.0 Å². The highest BCUT2D eigenvalue weighted by Gasteiger charge is 2.35.